The van der Waals surface area contributed by atoms with Gasteiger partial charge in [-0.15, -0.1) is 11.6 Å². The highest BCUT2D eigenvalue weighted by molar-refractivity contribution is 6.18. The molecule has 1 aliphatic heterocycles. The Labute approximate surface area is 248 Å². The third-order valence-electron chi connectivity index (χ3n) is 6.08. The van der Waals surface area contributed by atoms with Gasteiger partial charge in [0, 0.05) is 37.0 Å². The van der Waals surface area contributed by atoms with Gasteiger partial charge in [0.15, 0.2) is 0 Å². The summed E-state index contributed by atoms with van der Waals surface area (Å²) < 4.78 is 10.9. The summed E-state index contributed by atoms with van der Waals surface area (Å²) in [4.78, 5) is 63.6. The zero-order valence-electron chi connectivity index (χ0n) is 25.3. The van der Waals surface area contributed by atoms with E-state index in [1.807, 2.05) is 34.6 Å². The highest BCUT2D eigenvalue weighted by Gasteiger charge is 2.34. The van der Waals surface area contributed by atoms with E-state index >= 15 is 0 Å². The SMILES string of the molecule is CCOC(=O)C=C[C@H](C[C@@H]1CCNC1=O)NC(=O)[C@H](CC(C)C)NC(=O)[C@@H](NC(=O)NCCCl)C(C)OC(C)(C)C. The van der Waals surface area contributed by atoms with Crippen molar-refractivity contribution in [1.29, 1.82) is 0 Å². The van der Waals surface area contributed by atoms with Gasteiger partial charge >= 0.3 is 12.0 Å². The molecule has 12 nitrogen and oxygen atoms in total. The Kier molecular flexibility index (Phi) is 15.7. The van der Waals surface area contributed by atoms with Gasteiger partial charge in [0.1, 0.15) is 12.1 Å². The number of esters is 1. The lowest BCUT2D eigenvalue weighted by Crippen LogP contribution is -2.60. The third-order valence-corrected chi connectivity index (χ3v) is 6.27. The molecule has 0 radical (unpaired) electrons. The lowest BCUT2D eigenvalue weighted by molar-refractivity contribution is -0.137. The molecule has 0 aliphatic carbocycles. The summed E-state index contributed by atoms with van der Waals surface area (Å²) in [5.41, 5.74) is -0.605. The number of halogens is 1. The second-order valence-electron chi connectivity index (χ2n) is 11.4. The van der Waals surface area contributed by atoms with E-state index in [0.29, 0.717) is 19.4 Å². The van der Waals surface area contributed by atoms with Gasteiger partial charge < -0.3 is 36.1 Å². The minimum atomic E-state index is -1.12. The van der Waals surface area contributed by atoms with E-state index in [1.165, 1.54) is 12.2 Å². The van der Waals surface area contributed by atoms with Crippen molar-refractivity contribution in [2.24, 2.45) is 11.8 Å². The molecule has 0 aromatic rings. The molecule has 1 fully saturated rings. The van der Waals surface area contributed by atoms with E-state index in [1.54, 1.807) is 13.8 Å². The predicted octanol–water partition coefficient (Wildman–Crippen LogP) is 1.76. The fourth-order valence-corrected chi connectivity index (χ4v) is 4.46. The van der Waals surface area contributed by atoms with E-state index < -0.39 is 53.6 Å². The van der Waals surface area contributed by atoms with Gasteiger partial charge in [0.2, 0.25) is 17.7 Å². The fourth-order valence-electron chi connectivity index (χ4n) is 4.37. The van der Waals surface area contributed by atoms with Crippen LogP contribution >= 0.6 is 11.6 Å². The second kappa shape index (κ2) is 17.8. The summed E-state index contributed by atoms with van der Waals surface area (Å²) in [7, 11) is 0. The van der Waals surface area contributed by atoms with Crippen LogP contribution in [0, 0.1) is 11.8 Å². The number of carbonyl (C=O) groups is 5. The van der Waals surface area contributed by atoms with Crippen molar-refractivity contribution in [3.05, 3.63) is 12.2 Å². The fraction of sp³-hybridized carbons (Fsp3) is 0.750. The number of hydrogen-bond donors (Lipinski definition) is 5. The van der Waals surface area contributed by atoms with Crippen LogP contribution in [0.3, 0.4) is 0 Å². The van der Waals surface area contributed by atoms with Crippen molar-refractivity contribution >= 4 is 41.3 Å². The number of rotatable bonds is 16. The van der Waals surface area contributed by atoms with Gasteiger partial charge in [-0.25, -0.2) is 9.59 Å². The maximum Gasteiger partial charge on any atom is 0.330 e. The molecule has 1 saturated heterocycles. The number of carbonyl (C=O) groups excluding carboxylic acids is 5. The van der Waals surface area contributed by atoms with E-state index in [4.69, 9.17) is 21.1 Å². The van der Waals surface area contributed by atoms with Crippen molar-refractivity contribution in [2.45, 2.75) is 97.6 Å². The molecule has 5 amide bonds. The topological polar surface area (TPSA) is 164 Å². The van der Waals surface area contributed by atoms with Crippen molar-refractivity contribution in [2.75, 3.05) is 25.6 Å². The van der Waals surface area contributed by atoms with Gasteiger partial charge in [0.05, 0.1) is 18.3 Å². The first kappa shape index (κ1) is 36.2. The van der Waals surface area contributed by atoms with E-state index in [0.717, 1.165) is 0 Å². The molecule has 5 atom stereocenters. The zero-order valence-corrected chi connectivity index (χ0v) is 26.1. The first-order valence-corrected chi connectivity index (χ1v) is 14.7. The van der Waals surface area contributed by atoms with Crippen LogP contribution in [0.25, 0.3) is 0 Å². The van der Waals surface area contributed by atoms with Crippen LogP contribution in [0.2, 0.25) is 0 Å². The summed E-state index contributed by atoms with van der Waals surface area (Å²) in [6.07, 6.45) is 3.17. The predicted molar refractivity (Wildman–Crippen MR) is 156 cm³/mol. The Hall–Kier alpha value is -2.86. The number of amides is 5. The molecule has 13 heteroatoms. The average Bonchev–Trinajstić information content (AvgIpc) is 3.26. The molecule has 0 aromatic carbocycles. The Morgan fingerprint density at radius 1 is 1.10 bits per heavy atom. The van der Waals surface area contributed by atoms with Gasteiger partial charge in [0.25, 0.3) is 0 Å². The van der Waals surface area contributed by atoms with E-state index in [2.05, 4.69) is 26.6 Å². The summed E-state index contributed by atoms with van der Waals surface area (Å²) in [5, 5.41) is 13.6. The highest BCUT2D eigenvalue weighted by Crippen LogP contribution is 2.18. The van der Waals surface area contributed by atoms with Crippen molar-refractivity contribution < 1.29 is 33.4 Å². The first-order chi connectivity index (χ1) is 19.2. The molecule has 0 saturated carbocycles. The number of nitrogens with one attached hydrogen (secondary N) is 5. The van der Waals surface area contributed by atoms with Crippen molar-refractivity contribution in [3.63, 3.8) is 0 Å². The van der Waals surface area contributed by atoms with E-state index in [9.17, 15) is 24.0 Å². The van der Waals surface area contributed by atoms with Crippen LogP contribution in [-0.4, -0.2) is 85.1 Å². The number of alkyl halides is 1. The Bertz CT molecular complexity index is 922. The number of urea groups is 1. The lowest BCUT2D eigenvalue weighted by Gasteiger charge is -2.32. The maximum atomic E-state index is 13.5. The standard InChI is InChI=1S/C28H48ClN5O7/c1-8-40-22(35)10-9-20(16-19-11-13-30-24(19)36)32-25(37)21(15-17(2)3)33-26(38)23(18(4)41-28(5,6)7)34-27(39)31-14-12-29/h9-10,17-21,23H,8,11-16H2,1-7H3,(H,30,36)(H,32,37)(H,33,38)(H2,31,34,39)/t18?,19-,20+,21-,23-/m0/s1. The molecule has 234 valence electrons. The third kappa shape index (κ3) is 14.6. The summed E-state index contributed by atoms with van der Waals surface area (Å²) in [5.74, 6) is -1.87. The summed E-state index contributed by atoms with van der Waals surface area (Å²) >= 11 is 5.66. The van der Waals surface area contributed by atoms with Gasteiger partial charge in [-0.05, 0) is 59.8 Å². The normalized spacial score (nSPS) is 18.3. The van der Waals surface area contributed by atoms with Crippen LogP contribution in [0.5, 0.6) is 0 Å². The lowest BCUT2D eigenvalue weighted by atomic mass is 9.96. The Morgan fingerprint density at radius 2 is 1.78 bits per heavy atom. The molecular weight excluding hydrogens is 554 g/mol. The molecule has 0 aromatic heterocycles. The van der Waals surface area contributed by atoms with Crippen molar-refractivity contribution in [3.8, 4) is 0 Å². The number of ether oxygens (including phenoxy) is 2. The quantitative estimate of drug-likeness (QED) is 0.102. The second-order valence-corrected chi connectivity index (χ2v) is 11.8. The minimum absolute atomic E-state index is 0.0295. The van der Waals surface area contributed by atoms with E-state index in [-0.39, 0.29) is 43.2 Å². The highest BCUT2D eigenvalue weighted by atomic mass is 35.5. The molecule has 0 bridgehead atoms. The minimum Gasteiger partial charge on any atom is -0.463 e. The molecule has 1 aliphatic rings. The Balaban J connectivity index is 3.16. The molecule has 1 unspecified atom stereocenters. The molecular formula is C28H48ClN5O7. The van der Waals surface area contributed by atoms with Crippen LogP contribution in [0.1, 0.15) is 67.7 Å². The average molecular weight is 602 g/mol. The molecule has 1 rings (SSSR count). The Morgan fingerprint density at radius 3 is 2.32 bits per heavy atom. The van der Waals surface area contributed by atoms with Crippen LogP contribution in [0.4, 0.5) is 4.79 Å². The smallest absolute Gasteiger partial charge is 0.330 e. The van der Waals surface area contributed by atoms with Crippen molar-refractivity contribution in [1.82, 2.24) is 26.6 Å². The van der Waals surface area contributed by atoms with Gasteiger partial charge in [-0.3, -0.25) is 14.4 Å². The summed E-state index contributed by atoms with van der Waals surface area (Å²) in [6, 6.07) is -3.34. The maximum absolute atomic E-state index is 13.5. The summed E-state index contributed by atoms with van der Waals surface area (Å²) in [6.45, 7) is 13.6. The zero-order chi connectivity index (χ0) is 31.2. The first-order valence-electron chi connectivity index (χ1n) is 14.2. The van der Waals surface area contributed by atoms with Crippen LogP contribution < -0.4 is 26.6 Å². The molecule has 5 N–H and O–H groups in total. The van der Waals surface area contributed by atoms with Gasteiger partial charge in [-0.1, -0.05) is 19.9 Å². The molecule has 0 spiro atoms. The molecule has 41 heavy (non-hydrogen) atoms. The number of hydrogen-bond acceptors (Lipinski definition) is 7. The van der Waals surface area contributed by atoms with Crippen LogP contribution in [-0.2, 0) is 28.7 Å². The van der Waals surface area contributed by atoms with Gasteiger partial charge in [-0.2, -0.15) is 0 Å². The van der Waals surface area contributed by atoms with Crippen LogP contribution in [0.15, 0.2) is 12.2 Å². The molecule has 1 heterocycles. The monoisotopic (exact) mass is 601 g/mol. The largest absolute Gasteiger partial charge is 0.463 e.